The molecule has 1 atom stereocenters. The fourth-order valence-electron chi connectivity index (χ4n) is 4.02. The van der Waals surface area contributed by atoms with Gasteiger partial charge in [0.2, 0.25) is 5.91 Å². The van der Waals surface area contributed by atoms with Crippen molar-refractivity contribution in [1.29, 1.82) is 0 Å². The molecular weight excluding hydrogens is 418 g/mol. The van der Waals surface area contributed by atoms with Crippen LogP contribution in [0, 0.1) is 0 Å². The number of carbonyl (C=O) groups excluding carboxylic acids is 2. The van der Waals surface area contributed by atoms with Crippen molar-refractivity contribution in [1.82, 2.24) is 9.80 Å². The van der Waals surface area contributed by atoms with E-state index in [4.69, 9.17) is 9.47 Å². The van der Waals surface area contributed by atoms with E-state index >= 15 is 0 Å². The van der Waals surface area contributed by atoms with E-state index in [1.54, 1.807) is 21.0 Å². The topological polar surface area (TPSA) is 62.3 Å². The molecule has 1 aliphatic rings. The Morgan fingerprint density at radius 2 is 1.73 bits per heavy atom. The van der Waals surface area contributed by atoms with Gasteiger partial charge in [-0.05, 0) is 63.7 Å². The molecule has 1 aliphatic heterocycles. The van der Waals surface area contributed by atoms with Gasteiger partial charge in [-0.1, -0.05) is 12.1 Å². The average Bonchev–Trinajstić information content (AvgIpc) is 2.76. The molecule has 0 saturated heterocycles. The highest BCUT2D eigenvalue weighted by atomic mass is 16.5. The Kier molecular flexibility index (Phi) is 7.97. The summed E-state index contributed by atoms with van der Waals surface area (Å²) in [7, 11) is 7.45. The van der Waals surface area contributed by atoms with Crippen molar-refractivity contribution in [3.8, 4) is 22.6 Å². The Bertz CT molecular complexity index is 986. The molecule has 0 aromatic heterocycles. The second-order valence-corrected chi connectivity index (χ2v) is 8.97. The lowest BCUT2D eigenvalue weighted by atomic mass is 9.91. The van der Waals surface area contributed by atoms with Crippen molar-refractivity contribution < 1.29 is 19.1 Å². The van der Waals surface area contributed by atoms with Crippen molar-refractivity contribution in [2.45, 2.75) is 32.7 Å². The van der Waals surface area contributed by atoms with Crippen LogP contribution in [0.5, 0.6) is 11.5 Å². The summed E-state index contributed by atoms with van der Waals surface area (Å²) in [6.45, 7) is 5.05. The highest BCUT2D eigenvalue weighted by molar-refractivity contribution is 5.95. The van der Waals surface area contributed by atoms with E-state index < -0.39 is 0 Å². The van der Waals surface area contributed by atoms with Crippen LogP contribution in [0.1, 0.15) is 25.8 Å². The number of rotatable bonds is 8. The highest BCUT2D eigenvalue weighted by Crippen LogP contribution is 2.43. The van der Waals surface area contributed by atoms with Gasteiger partial charge in [-0.3, -0.25) is 9.59 Å². The number of hydrogen-bond acceptors (Lipinski definition) is 5. The van der Waals surface area contributed by atoms with Crippen LogP contribution < -0.4 is 14.4 Å². The zero-order valence-electron chi connectivity index (χ0n) is 20.6. The molecule has 0 aliphatic carbocycles. The molecule has 0 radical (unpaired) electrons. The van der Waals surface area contributed by atoms with Gasteiger partial charge in [0.05, 0.1) is 5.69 Å². The standard InChI is InChI=1S/C26H35N3O4/c1-18-7-12-23-24(29(18)19(2)30)14-13-22(26(23)33-17-25(31)28(5)6)20-8-10-21(11-9-20)32-16-15-27(3)4/h8-11,13-14,18H,7,12,15-17H2,1-6H3/t18-/m0/s1. The Morgan fingerprint density at radius 3 is 2.33 bits per heavy atom. The first kappa shape index (κ1) is 24.6. The minimum absolute atomic E-state index is 0.00532. The normalized spacial score (nSPS) is 15.2. The van der Waals surface area contributed by atoms with E-state index in [9.17, 15) is 9.59 Å². The van der Waals surface area contributed by atoms with E-state index in [0.717, 1.165) is 47.5 Å². The molecule has 0 saturated carbocycles. The first-order valence-corrected chi connectivity index (χ1v) is 11.4. The molecule has 7 nitrogen and oxygen atoms in total. The van der Waals surface area contributed by atoms with Gasteiger partial charge in [0, 0.05) is 44.7 Å². The fourth-order valence-corrected chi connectivity index (χ4v) is 4.02. The number of nitrogens with zero attached hydrogens (tertiary/aromatic N) is 3. The molecule has 33 heavy (non-hydrogen) atoms. The Morgan fingerprint density at radius 1 is 1.03 bits per heavy atom. The van der Waals surface area contributed by atoms with Gasteiger partial charge in [0.1, 0.15) is 18.1 Å². The van der Waals surface area contributed by atoms with Crippen molar-refractivity contribution in [2.75, 3.05) is 52.8 Å². The maximum absolute atomic E-state index is 12.4. The molecule has 0 bridgehead atoms. The minimum atomic E-state index is -0.115. The highest BCUT2D eigenvalue weighted by Gasteiger charge is 2.30. The number of benzene rings is 2. The molecule has 178 valence electrons. The average molecular weight is 454 g/mol. The first-order chi connectivity index (χ1) is 15.7. The third-order valence-electron chi connectivity index (χ3n) is 5.90. The summed E-state index contributed by atoms with van der Waals surface area (Å²) in [5, 5.41) is 0. The molecule has 0 spiro atoms. The van der Waals surface area contributed by atoms with Gasteiger partial charge in [-0.15, -0.1) is 0 Å². The van der Waals surface area contributed by atoms with Gasteiger partial charge in [0.15, 0.2) is 6.61 Å². The summed E-state index contributed by atoms with van der Waals surface area (Å²) < 4.78 is 12.0. The van der Waals surface area contributed by atoms with Gasteiger partial charge in [0.25, 0.3) is 5.91 Å². The predicted octanol–water partition coefficient (Wildman–Crippen LogP) is 3.45. The maximum Gasteiger partial charge on any atom is 0.259 e. The number of ether oxygens (including phenoxy) is 2. The van der Waals surface area contributed by atoms with Crippen LogP contribution in [-0.4, -0.2) is 75.6 Å². The van der Waals surface area contributed by atoms with Crippen LogP contribution in [0.15, 0.2) is 36.4 Å². The monoisotopic (exact) mass is 453 g/mol. The lowest BCUT2D eigenvalue weighted by molar-refractivity contribution is -0.130. The largest absolute Gasteiger partial charge is 0.492 e. The zero-order chi connectivity index (χ0) is 24.1. The number of anilines is 1. The number of amides is 2. The van der Waals surface area contributed by atoms with Gasteiger partial charge < -0.3 is 24.2 Å². The molecular formula is C26H35N3O4. The van der Waals surface area contributed by atoms with E-state index in [2.05, 4.69) is 11.8 Å². The Hall–Kier alpha value is -3.06. The smallest absolute Gasteiger partial charge is 0.259 e. The lowest BCUT2D eigenvalue weighted by Gasteiger charge is -2.36. The van der Waals surface area contributed by atoms with Crippen LogP contribution in [0.3, 0.4) is 0 Å². The second kappa shape index (κ2) is 10.7. The van der Waals surface area contributed by atoms with Crippen molar-refractivity contribution in [3.63, 3.8) is 0 Å². The fraction of sp³-hybridized carbons (Fsp3) is 0.462. The summed E-state index contributed by atoms with van der Waals surface area (Å²) in [6, 6.07) is 12.0. The van der Waals surface area contributed by atoms with Crippen LogP contribution in [-0.2, 0) is 16.0 Å². The van der Waals surface area contributed by atoms with E-state index in [0.29, 0.717) is 12.4 Å². The van der Waals surface area contributed by atoms with Crippen LogP contribution in [0.4, 0.5) is 5.69 Å². The van der Waals surface area contributed by atoms with Crippen molar-refractivity contribution >= 4 is 17.5 Å². The van der Waals surface area contributed by atoms with E-state index in [1.165, 1.54) is 4.90 Å². The van der Waals surface area contributed by atoms with E-state index in [1.807, 2.05) is 55.4 Å². The van der Waals surface area contributed by atoms with Gasteiger partial charge in [-0.25, -0.2) is 0 Å². The van der Waals surface area contributed by atoms with Crippen LogP contribution in [0.25, 0.3) is 11.1 Å². The van der Waals surface area contributed by atoms with Crippen LogP contribution in [0.2, 0.25) is 0 Å². The third-order valence-corrected chi connectivity index (χ3v) is 5.90. The minimum Gasteiger partial charge on any atom is -0.492 e. The summed E-state index contributed by atoms with van der Waals surface area (Å²) in [5.41, 5.74) is 3.70. The predicted molar refractivity (Wildman–Crippen MR) is 131 cm³/mol. The summed E-state index contributed by atoms with van der Waals surface area (Å²) in [6.07, 6.45) is 1.62. The van der Waals surface area contributed by atoms with Gasteiger partial charge in [-0.2, -0.15) is 0 Å². The summed E-state index contributed by atoms with van der Waals surface area (Å²) >= 11 is 0. The number of carbonyl (C=O) groups is 2. The molecule has 7 heteroatoms. The Labute approximate surface area is 196 Å². The lowest BCUT2D eigenvalue weighted by Crippen LogP contribution is -2.41. The quantitative estimate of drug-likeness (QED) is 0.613. The van der Waals surface area contributed by atoms with Gasteiger partial charge >= 0.3 is 0 Å². The number of fused-ring (bicyclic) bond motifs is 1. The van der Waals surface area contributed by atoms with E-state index in [-0.39, 0.29) is 24.5 Å². The summed E-state index contributed by atoms with van der Waals surface area (Å²) in [5.74, 6) is 1.36. The number of hydrogen-bond donors (Lipinski definition) is 0. The number of likely N-dealkylation sites (N-methyl/N-ethyl adjacent to an activating group) is 2. The molecule has 0 unspecified atom stereocenters. The molecule has 0 fully saturated rings. The molecule has 1 heterocycles. The molecule has 2 aromatic rings. The molecule has 0 N–H and O–H groups in total. The van der Waals surface area contributed by atoms with Crippen molar-refractivity contribution in [2.24, 2.45) is 0 Å². The SMILES string of the molecule is CC(=O)N1c2ccc(-c3ccc(OCCN(C)C)cc3)c(OCC(=O)N(C)C)c2CC[C@@H]1C. The Balaban J connectivity index is 1.97. The second-order valence-electron chi connectivity index (χ2n) is 8.97. The van der Waals surface area contributed by atoms with Crippen LogP contribution >= 0.6 is 0 Å². The zero-order valence-corrected chi connectivity index (χ0v) is 20.6. The molecule has 2 aromatic carbocycles. The molecule has 2 amide bonds. The third kappa shape index (κ3) is 5.85. The first-order valence-electron chi connectivity index (χ1n) is 11.4. The van der Waals surface area contributed by atoms with Crippen molar-refractivity contribution in [3.05, 3.63) is 42.0 Å². The molecule has 3 rings (SSSR count). The maximum atomic E-state index is 12.4. The summed E-state index contributed by atoms with van der Waals surface area (Å²) in [4.78, 5) is 30.0.